The average molecular weight is 224 g/mol. The molecule has 15 heavy (non-hydrogen) atoms. The average Bonchev–Trinajstić information content (AvgIpc) is 2.24. The van der Waals surface area contributed by atoms with Crippen molar-refractivity contribution in [2.45, 2.75) is 38.9 Å². The maximum atomic E-state index is 9.79. The minimum absolute atomic E-state index is 0.473. The van der Waals surface area contributed by atoms with E-state index in [1.165, 1.54) is 25.0 Å². The van der Waals surface area contributed by atoms with Crippen LogP contribution in [0.2, 0.25) is 0 Å². The van der Waals surface area contributed by atoms with Crippen molar-refractivity contribution in [2.24, 2.45) is 0 Å². The van der Waals surface area contributed by atoms with Gasteiger partial charge in [-0.05, 0) is 24.7 Å². The van der Waals surface area contributed by atoms with Gasteiger partial charge in [-0.15, -0.1) is 0 Å². The van der Waals surface area contributed by atoms with Crippen LogP contribution in [0.1, 0.15) is 37.3 Å². The number of aryl methyl sites for hydroxylation is 1. The van der Waals surface area contributed by atoms with Crippen LogP contribution in [0, 0.1) is 6.92 Å². The Labute approximate surface area is 96.9 Å². The summed E-state index contributed by atoms with van der Waals surface area (Å²) in [7, 11) is 0. The third-order valence-electron chi connectivity index (χ3n) is 2.47. The molecule has 0 aliphatic rings. The van der Waals surface area contributed by atoms with Gasteiger partial charge in [-0.1, -0.05) is 38.0 Å². The number of para-hydroxylation sites is 1. The zero-order valence-electron chi connectivity index (χ0n) is 9.62. The lowest BCUT2D eigenvalue weighted by Crippen LogP contribution is -1.86. The van der Waals surface area contributed by atoms with Crippen LogP contribution in [0.15, 0.2) is 18.2 Å². The first-order valence-electron chi connectivity index (χ1n) is 5.61. The number of phenols is 1. The number of aromatic hydroxyl groups is 1. The van der Waals surface area contributed by atoms with Gasteiger partial charge in [0.15, 0.2) is 0 Å². The fourth-order valence-corrected chi connectivity index (χ4v) is 2.48. The van der Waals surface area contributed by atoms with E-state index in [2.05, 4.69) is 6.92 Å². The SMILES string of the molecule is CCCCCSCc1cccc(C)c1O. The lowest BCUT2D eigenvalue weighted by molar-refractivity contribution is 0.466. The van der Waals surface area contributed by atoms with Crippen molar-refractivity contribution >= 4 is 11.8 Å². The van der Waals surface area contributed by atoms with Gasteiger partial charge < -0.3 is 5.11 Å². The van der Waals surface area contributed by atoms with Crippen LogP contribution in [-0.4, -0.2) is 10.9 Å². The van der Waals surface area contributed by atoms with Crippen LogP contribution in [0.5, 0.6) is 5.75 Å². The summed E-state index contributed by atoms with van der Waals surface area (Å²) >= 11 is 1.91. The highest BCUT2D eigenvalue weighted by molar-refractivity contribution is 7.98. The number of rotatable bonds is 6. The van der Waals surface area contributed by atoms with Crippen molar-refractivity contribution in [1.29, 1.82) is 0 Å². The fraction of sp³-hybridized carbons (Fsp3) is 0.538. The minimum atomic E-state index is 0.473. The summed E-state index contributed by atoms with van der Waals surface area (Å²) in [5.74, 6) is 2.60. The summed E-state index contributed by atoms with van der Waals surface area (Å²) in [6.45, 7) is 4.16. The van der Waals surface area contributed by atoms with Crippen molar-refractivity contribution in [2.75, 3.05) is 5.75 Å². The lowest BCUT2D eigenvalue weighted by atomic mass is 10.1. The Morgan fingerprint density at radius 3 is 2.80 bits per heavy atom. The summed E-state index contributed by atoms with van der Waals surface area (Å²) in [5.41, 5.74) is 2.04. The highest BCUT2D eigenvalue weighted by atomic mass is 32.2. The predicted molar refractivity (Wildman–Crippen MR) is 68.5 cm³/mol. The number of hydrogen-bond donors (Lipinski definition) is 1. The summed E-state index contributed by atoms with van der Waals surface area (Å²) in [6, 6.07) is 5.97. The van der Waals surface area contributed by atoms with Crippen LogP contribution in [0.4, 0.5) is 0 Å². The van der Waals surface area contributed by atoms with Crippen molar-refractivity contribution in [3.8, 4) is 5.75 Å². The van der Waals surface area contributed by atoms with Gasteiger partial charge in [0.25, 0.3) is 0 Å². The molecule has 0 atom stereocenters. The van der Waals surface area contributed by atoms with Gasteiger partial charge in [0, 0.05) is 11.3 Å². The van der Waals surface area contributed by atoms with E-state index in [4.69, 9.17) is 0 Å². The Morgan fingerprint density at radius 1 is 1.27 bits per heavy atom. The molecule has 0 spiro atoms. The Kier molecular flexibility index (Phi) is 5.62. The smallest absolute Gasteiger partial charge is 0.122 e. The zero-order chi connectivity index (χ0) is 11.1. The molecule has 0 aromatic heterocycles. The van der Waals surface area contributed by atoms with E-state index in [9.17, 15) is 5.11 Å². The molecule has 2 heteroatoms. The molecule has 0 bridgehead atoms. The molecule has 0 amide bonds. The van der Waals surface area contributed by atoms with E-state index in [0.717, 1.165) is 16.9 Å². The number of thioether (sulfide) groups is 1. The molecule has 0 unspecified atom stereocenters. The quantitative estimate of drug-likeness (QED) is 0.733. The Bertz CT molecular complexity index is 297. The van der Waals surface area contributed by atoms with E-state index in [1.807, 2.05) is 36.9 Å². The standard InChI is InChI=1S/C13H20OS/c1-3-4-5-9-15-10-12-8-6-7-11(2)13(12)14/h6-8,14H,3-5,9-10H2,1-2H3. The molecular formula is C13H20OS. The molecule has 1 rings (SSSR count). The summed E-state index contributed by atoms with van der Waals surface area (Å²) in [5, 5.41) is 9.79. The van der Waals surface area contributed by atoms with Crippen molar-refractivity contribution in [1.82, 2.24) is 0 Å². The molecule has 0 fully saturated rings. The normalized spacial score (nSPS) is 10.5. The second-order valence-corrected chi connectivity index (χ2v) is 4.95. The largest absolute Gasteiger partial charge is 0.507 e. The van der Waals surface area contributed by atoms with E-state index < -0.39 is 0 Å². The van der Waals surface area contributed by atoms with Crippen LogP contribution in [-0.2, 0) is 5.75 Å². The molecule has 0 radical (unpaired) electrons. The summed E-state index contributed by atoms with van der Waals surface area (Å²) in [4.78, 5) is 0. The van der Waals surface area contributed by atoms with Crippen LogP contribution < -0.4 is 0 Å². The second kappa shape index (κ2) is 6.78. The molecule has 1 N–H and O–H groups in total. The topological polar surface area (TPSA) is 20.2 Å². The molecule has 0 aliphatic carbocycles. The number of phenolic OH excluding ortho intramolecular Hbond substituents is 1. The maximum absolute atomic E-state index is 9.79. The van der Waals surface area contributed by atoms with Gasteiger partial charge in [-0.3, -0.25) is 0 Å². The molecule has 1 aromatic rings. The Balaban J connectivity index is 2.34. The fourth-order valence-electron chi connectivity index (χ4n) is 1.47. The molecule has 0 saturated heterocycles. The Morgan fingerprint density at radius 2 is 2.07 bits per heavy atom. The van der Waals surface area contributed by atoms with E-state index in [0.29, 0.717) is 5.75 Å². The zero-order valence-corrected chi connectivity index (χ0v) is 10.4. The van der Waals surface area contributed by atoms with Crippen LogP contribution in [0.25, 0.3) is 0 Å². The van der Waals surface area contributed by atoms with Gasteiger partial charge >= 0.3 is 0 Å². The summed E-state index contributed by atoms with van der Waals surface area (Å²) < 4.78 is 0. The molecule has 1 aromatic carbocycles. The highest BCUT2D eigenvalue weighted by Crippen LogP contribution is 2.25. The summed E-state index contributed by atoms with van der Waals surface area (Å²) in [6.07, 6.45) is 3.87. The van der Waals surface area contributed by atoms with Gasteiger partial charge in [0.1, 0.15) is 5.75 Å². The van der Waals surface area contributed by atoms with E-state index in [-0.39, 0.29) is 0 Å². The third kappa shape index (κ3) is 4.17. The van der Waals surface area contributed by atoms with Crippen molar-refractivity contribution in [3.05, 3.63) is 29.3 Å². The first-order valence-corrected chi connectivity index (χ1v) is 6.76. The van der Waals surface area contributed by atoms with Crippen LogP contribution in [0.3, 0.4) is 0 Å². The first kappa shape index (κ1) is 12.4. The predicted octanol–water partition coefficient (Wildman–Crippen LogP) is 4.12. The molecule has 84 valence electrons. The highest BCUT2D eigenvalue weighted by Gasteiger charge is 2.02. The number of unbranched alkanes of at least 4 members (excludes halogenated alkanes) is 2. The van der Waals surface area contributed by atoms with Crippen LogP contribution >= 0.6 is 11.8 Å². The lowest BCUT2D eigenvalue weighted by Gasteiger charge is -2.06. The monoisotopic (exact) mass is 224 g/mol. The van der Waals surface area contributed by atoms with Gasteiger partial charge in [0.2, 0.25) is 0 Å². The number of benzene rings is 1. The first-order chi connectivity index (χ1) is 7.25. The van der Waals surface area contributed by atoms with Gasteiger partial charge in [-0.2, -0.15) is 11.8 Å². The number of hydrogen-bond acceptors (Lipinski definition) is 2. The van der Waals surface area contributed by atoms with Crippen molar-refractivity contribution in [3.63, 3.8) is 0 Å². The van der Waals surface area contributed by atoms with E-state index in [1.54, 1.807) is 0 Å². The molecular weight excluding hydrogens is 204 g/mol. The molecule has 1 nitrogen and oxygen atoms in total. The van der Waals surface area contributed by atoms with Gasteiger partial charge in [0.05, 0.1) is 0 Å². The second-order valence-electron chi connectivity index (χ2n) is 3.84. The van der Waals surface area contributed by atoms with Gasteiger partial charge in [-0.25, -0.2) is 0 Å². The van der Waals surface area contributed by atoms with Crippen molar-refractivity contribution < 1.29 is 5.11 Å². The molecule has 0 saturated carbocycles. The third-order valence-corrected chi connectivity index (χ3v) is 3.56. The minimum Gasteiger partial charge on any atom is -0.507 e. The van der Waals surface area contributed by atoms with E-state index >= 15 is 0 Å². The molecule has 0 heterocycles. The maximum Gasteiger partial charge on any atom is 0.122 e. The Hall–Kier alpha value is -0.630. The molecule has 0 aliphatic heterocycles.